The summed E-state index contributed by atoms with van der Waals surface area (Å²) in [5.74, 6) is -1.86. The molecule has 1 atom stereocenters. The molecule has 2 heterocycles. The summed E-state index contributed by atoms with van der Waals surface area (Å²) in [5.41, 5.74) is 0.442. The van der Waals surface area contributed by atoms with Crippen LogP contribution in [0.2, 0.25) is 0 Å². The van der Waals surface area contributed by atoms with E-state index in [2.05, 4.69) is 22.0 Å². The van der Waals surface area contributed by atoms with Crippen LogP contribution in [0.1, 0.15) is 31.7 Å². The van der Waals surface area contributed by atoms with Crippen LogP contribution in [0.3, 0.4) is 0 Å². The topological polar surface area (TPSA) is 58.2 Å². The molecule has 0 radical (unpaired) electrons. The van der Waals surface area contributed by atoms with Crippen LogP contribution < -0.4 is 10.3 Å². The Bertz CT molecular complexity index is 818. The lowest BCUT2D eigenvalue weighted by atomic mass is 10.0. The van der Waals surface area contributed by atoms with Crippen LogP contribution in [0.15, 0.2) is 23.0 Å². The van der Waals surface area contributed by atoms with Crippen LogP contribution in [-0.4, -0.2) is 40.8 Å². The van der Waals surface area contributed by atoms with Gasteiger partial charge in [0.25, 0.3) is 5.56 Å². The summed E-state index contributed by atoms with van der Waals surface area (Å²) < 4.78 is 34.4. The minimum atomic E-state index is -0.773. The highest BCUT2D eigenvalue weighted by atomic mass is 19.1. The lowest BCUT2D eigenvalue weighted by Gasteiger charge is -2.21. The number of aromatic amines is 1. The van der Waals surface area contributed by atoms with Crippen molar-refractivity contribution in [1.29, 1.82) is 0 Å². The zero-order valence-corrected chi connectivity index (χ0v) is 15.0. The molecular weight excluding hydrogens is 340 g/mol. The Morgan fingerprint density at radius 3 is 2.85 bits per heavy atom. The van der Waals surface area contributed by atoms with Crippen molar-refractivity contribution in [3.05, 3.63) is 45.8 Å². The molecule has 0 amide bonds. The molecule has 1 aliphatic rings. The first-order chi connectivity index (χ1) is 12.5. The molecule has 1 saturated heterocycles. The Labute approximate surface area is 151 Å². The molecule has 1 N–H and O–H groups in total. The number of likely N-dealkylation sites (tertiary alicyclic amines) is 1. The van der Waals surface area contributed by atoms with E-state index in [1.165, 1.54) is 38.0 Å². The van der Waals surface area contributed by atoms with Crippen LogP contribution >= 0.6 is 0 Å². The van der Waals surface area contributed by atoms with E-state index in [4.69, 9.17) is 4.74 Å². The third-order valence-corrected chi connectivity index (χ3v) is 4.90. The summed E-state index contributed by atoms with van der Waals surface area (Å²) in [4.78, 5) is 13.5. The standard InChI is InChI=1S/C19H23F2N3O2/c1-12-5-3-8-24(12)9-4-10-26-19-15(20)11-14(13(2)18(19)21)16-6-7-17(25)23-22-16/h6-7,11-12H,3-5,8-10H2,1-2H3,(H,23,25)/t12-/m1/s1. The maximum absolute atomic E-state index is 14.6. The molecule has 0 unspecified atom stereocenters. The molecule has 1 fully saturated rings. The number of aromatic nitrogens is 2. The van der Waals surface area contributed by atoms with Crippen molar-refractivity contribution in [2.24, 2.45) is 0 Å². The number of hydrogen-bond acceptors (Lipinski definition) is 4. The van der Waals surface area contributed by atoms with Crippen LogP contribution in [-0.2, 0) is 0 Å². The van der Waals surface area contributed by atoms with Crippen molar-refractivity contribution in [3.8, 4) is 17.0 Å². The lowest BCUT2D eigenvalue weighted by molar-refractivity contribution is 0.221. The van der Waals surface area contributed by atoms with Gasteiger partial charge in [-0.2, -0.15) is 5.10 Å². The van der Waals surface area contributed by atoms with Gasteiger partial charge in [0.15, 0.2) is 17.4 Å². The minimum Gasteiger partial charge on any atom is -0.488 e. The second kappa shape index (κ2) is 7.95. The maximum atomic E-state index is 14.6. The van der Waals surface area contributed by atoms with Crippen molar-refractivity contribution in [2.45, 2.75) is 39.2 Å². The van der Waals surface area contributed by atoms with Crippen molar-refractivity contribution in [3.63, 3.8) is 0 Å². The number of benzene rings is 1. The molecular formula is C19H23F2N3O2. The first kappa shape index (κ1) is 18.5. The average molecular weight is 363 g/mol. The Morgan fingerprint density at radius 1 is 1.38 bits per heavy atom. The van der Waals surface area contributed by atoms with Crippen LogP contribution in [0.4, 0.5) is 8.78 Å². The molecule has 1 aromatic carbocycles. The molecule has 0 bridgehead atoms. The zero-order valence-electron chi connectivity index (χ0n) is 15.0. The van der Waals surface area contributed by atoms with Gasteiger partial charge in [0.1, 0.15) is 0 Å². The molecule has 5 nitrogen and oxygen atoms in total. The van der Waals surface area contributed by atoms with Gasteiger partial charge in [0, 0.05) is 24.2 Å². The van der Waals surface area contributed by atoms with Crippen molar-refractivity contribution in [2.75, 3.05) is 19.7 Å². The Kier molecular flexibility index (Phi) is 5.66. The van der Waals surface area contributed by atoms with Gasteiger partial charge in [0.05, 0.1) is 12.3 Å². The third kappa shape index (κ3) is 3.93. The largest absolute Gasteiger partial charge is 0.488 e. The molecule has 2 aromatic rings. The Hall–Kier alpha value is -2.28. The molecule has 26 heavy (non-hydrogen) atoms. The van der Waals surface area contributed by atoms with E-state index in [0.717, 1.165) is 13.1 Å². The van der Waals surface area contributed by atoms with E-state index in [0.29, 0.717) is 18.2 Å². The number of nitrogens with one attached hydrogen (secondary N) is 1. The summed E-state index contributed by atoms with van der Waals surface area (Å²) in [7, 11) is 0. The lowest BCUT2D eigenvalue weighted by Crippen LogP contribution is -2.28. The van der Waals surface area contributed by atoms with E-state index in [9.17, 15) is 13.6 Å². The predicted molar refractivity (Wildman–Crippen MR) is 95.3 cm³/mol. The van der Waals surface area contributed by atoms with Gasteiger partial charge in [0.2, 0.25) is 0 Å². The normalized spacial score (nSPS) is 17.6. The highest BCUT2D eigenvalue weighted by molar-refractivity contribution is 5.65. The van der Waals surface area contributed by atoms with Gasteiger partial charge in [-0.05, 0) is 57.4 Å². The number of H-pyrrole nitrogens is 1. The van der Waals surface area contributed by atoms with Gasteiger partial charge in [-0.25, -0.2) is 13.9 Å². The van der Waals surface area contributed by atoms with E-state index in [-0.39, 0.29) is 29.0 Å². The summed E-state index contributed by atoms with van der Waals surface area (Å²) in [6.07, 6.45) is 3.11. The minimum absolute atomic E-state index is 0.231. The van der Waals surface area contributed by atoms with E-state index in [1.807, 2.05) is 0 Å². The summed E-state index contributed by atoms with van der Waals surface area (Å²) in [6.45, 7) is 5.93. The first-order valence-electron chi connectivity index (χ1n) is 8.89. The van der Waals surface area contributed by atoms with Gasteiger partial charge in [-0.3, -0.25) is 4.79 Å². The molecule has 140 valence electrons. The first-order valence-corrected chi connectivity index (χ1v) is 8.89. The Balaban J connectivity index is 1.69. The number of ether oxygens (including phenoxy) is 1. The molecule has 3 rings (SSSR count). The number of nitrogens with zero attached hydrogens (tertiary/aromatic N) is 2. The van der Waals surface area contributed by atoms with E-state index >= 15 is 0 Å². The molecule has 0 aliphatic carbocycles. The number of halogens is 2. The van der Waals surface area contributed by atoms with Gasteiger partial charge < -0.3 is 9.64 Å². The number of hydrogen-bond donors (Lipinski definition) is 1. The van der Waals surface area contributed by atoms with Crippen LogP contribution in [0, 0.1) is 18.6 Å². The molecule has 1 aliphatic heterocycles. The van der Waals surface area contributed by atoms with Crippen molar-refractivity contribution < 1.29 is 13.5 Å². The summed E-state index contributed by atoms with van der Waals surface area (Å²) in [5, 5.41) is 6.10. The van der Waals surface area contributed by atoms with Crippen LogP contribution in [0.25, 0.3) is 11.3 Å². The van der Waals surface area contributed by atoms with Gasteiger partial charge in [-0.1, -0.05) is 0 Å². The maximum Gasteiger partial charge on any atom is 0.264 e. The molecule has 0 spiro atoms. The number of rotatable bonds is 6. The fraction of sp³-hybridized carbons (Fsp3) is 0.474. The summed E-state index contributed by atoms with van der Waals surface area (Å²) >= 11 is 0. The predicted octanol–water partition coefficient (Wildman–Crippen LogP) is 3.28. The second-order valence-electron chi connectivity index (χ2n) is 6.71. The molecule has 1 aromatic heterocycles. The van der Waals surface area contributed by atoms with E-state index < -0.39 is 11.6 Å². The van der Waals surface area contributed by atoms with Gasteiger partial charge in [-0.15, -0.1) is 0 Å². The third-order valence-electron chi connectivity index (χ3n) is 4.90. The quantitative estimate of drug-likeness (QED) is 0.801. The zero-order chi connectivity index (χ0) is 18.7. The smallest absolute Gasteiger partial charge is 0.264 e. The fourth-order valence-electron chi connectivity index (χ4n) is 3.35. The summed E-state index contributed by atoms with van der Waals surface area (Å²) in [6, 6.07) is 4.45. The van der Waals surface area contributed by atoms with Crippen molar-refractivity contribution >= 4 is 0 Å². The van der Waals surface area contributed by atoms with Gasteiger partial charge >= 0.3 is 0 Å². The Morgan fingerprint density at radius 2 is 2.19 bits per heavy atom. The second-order valence-corrected chi connectivity index (χ2v) is 6.71. The van der Waals surface area contributed by atoms with E-state index in [1.54, 1.807) is 0 Å². The monoisotopic (exact) mass is 363 g/mol. The molecule has 0 saturated carbocycles. The van der Waals surface area contributed by atoms with Crippen molar-refractivity contribution in [1.82, 2.24) is 15.1 Å². The highest BCUT2D eigenvalue weighted by Gasteiger charge is 2.21. The fourth-order valence-corrected chi connectivity index (χ4v) is 3.35. The SMILES string of the molecule is Cc1c(-c2ccc(=O)[nH]n2)cc(F)c(OCCCN2CCC[C@H]2C)c1F. The van der Waals surface area contributed by atoms with Crippen LogP contribution in [0.5, 0.6) is 5.75 Å². The highest BCUT2D eigenvalue weighted by Crippen LogP contribution is 2.32. The molecule has 7 heteroatoms. The average Bonchev–Trinajstić information content (AvgIpc) is 3.03.